The summed E-state index contributed by atoms with van der Waals surface area (Å²) in [7, 11) is 0. The molecule has 0 bridgehead atoms. The molecule has 4 nitrogen and oxygen atoms in total. The average molecular weight is 289 g/mol. The number of amides is 1. The van der Waals surface area contributed by atoms with E-state index in [0.29, 0.717) is 18.4 Å². The molecule has 0 aromatic heterocycles. The summed E-state index contributed by atoms with van der Waals surface area (Å²) in [6.07, 6.45) is 5.31. The van der Waals surface area contributed by atoms with E-state index in [2.05, 4.69) is 5.32 Å². The molecule has 4 heteroatoms. The van der Waals surface area contributed by atoms with Crippen LogP contribution in [-0.4, -0.2) is 23.5 Å². The third kappa shape index (κ3) is 3.63. The van der Waals surface area contributed by atoms with Gasteiger partial charge in [0.2, 0.25) is 0 Å². The van der Waals surface area contributed by atoms with E-state index in [-0.39, 0.29) is 12.5 Å². The van der Waals surface area contributed by atoms with Gasteiger partial charge in [-0.1, -0.05) is 43.9 Å². The number of hydrogen-bond donors (Lipinski definition) is 2. The second kappa shape index (κ2) is 6.74. The lowest BCUT2D eigenvalue weighted by Gasteiger charge is -2.28. The molecule has 1 aromatic rings. The number of rotatable bonds is 4. The monoisotopic (exact) mass is 289 g/mol. The molecule has 0 heterocycles. The van der Waals surface area contributed by atoms with Crippen LogP contribution in [0.4, 0.5) is 0 Å². The van der Waals surface area contributed by atoms with Gasteiger partial charge in [0.1, 0.15) is 0 Å². The van der Waals surface area contributed by atoms with E-state index in [1.54, 1.807) is 6.07 Å². The van der Waals surface area contributed by atoms with Crippen LogP contribution in [0.15, 0.2) is 24.3 Å². The number of aliphatic carboxylic acids is 1. The molecule has 1 fully saturated rings. The van der Waals surface area contributed by atoms with Crippen molar-refractivity contribution in [2.24, 2.45) is 5.41 Å². The number of hydrogen-bond acceptors (Lipinski definition) is 2. The molecule has 2 rings (SSSR count). The highest BCUT2D eigenvalue weighted by atomic mass is 16.4. The molecule has 1 amide bonds. The Balaban J connectivity index is 2.07. The molecule has 0 saturated heterocycles. The first-order valence-corrected chi connectivity index (χ1v) is 7.62. The molecule has 0 radical (unpaired) electrons. The van der Waals surface area contributed by atoms with Crippen LogP contribution in [0.3, 0.4) is 0 Å². The fourth-order valence-corrected chi connectivity index (χ4v) is 3.04. The van der Waals surface area contributed by atoms with Gasteiger partial charge in [-0.25, -0.2) is 0 Å². The number of carbonyl (C=O) groups excluding carboxylic acids is 1. The summed E-state index contributed by atoms with van der Waals surface area (Å²) in [4.78, 5) is 23.9. The van der Waals surface area contributed by atoms with E-state index < -0.39 is 11.4 Å². The van der Waals surface area contributed by atoms with Gasteiger partial charge in [0.15, 0.2) is 0 Å². The number of carboxylic acids is 1. The largest absolute Gasteiger partial charge is 0.481 e. The summed E-state index contributed by atoms with van der Waals surface area (Å²) < 4.78 is 0. The Morgan fingerprint density at radius 3 is 2.33 bits per heavy atom. The summed E-state index contributed by atoms with van der Waals surface area (Å²) in [5.74, 6) is -0.965. The second-order valence-corrected chi connectivity index (χ2v) is 6.00. The minimum absolute atomic E-state index is 0.182. The van der Waals surface area contributed by atoms with E-state index in [1.807, 2.05) is 25.1 Å². The van der Waals surface area contributed by atoms with Gasteiger partial charge < -0.3 is 10.4 Å². The van der Waals surface area contributed by atoms with Gasteiger partial charge in [0, 0.05) is 12.1 Å². The Bertz CT molecular complexity index is 517. The molecule has 0 aliphatic heterocycles. The molecule has 114 valence electrons. The van der Waals surface area contributed by atoms with E-state index in [1.165, 1.54) is 0 Å². The Hall–Kier alpha value is -1.84. The number of carbonyl (C=O) groups is 2. The maximum Gasteiger partial charge on any atom is 0.311 e. The molecule has 1 aliphatic rings. The standard InChI is InChI=1S/C17H23NO3/c1-13-8-4-5-9-14(13)15(19)18-12-17(16(20)21)10-6-2-3-7-11-17/h4-5,8-9H,2-3,6-7,10-12H2,1H3,(H,18,19)(H,20,21). The predicted molar refractivity (Wildman–Crippen MR) is 81.3 cm³/mol. The Morgan fingerprint density at radius 1 is 1.14 bits per heavy atom. The lowest BCUT2D eigenvalue weighted by atomic mass is 9.80. The van der Waals surface area contributed by atoms with Gasteiger partial charge in [0.25, 0.3) is 5.91 Å². The van der Waals surface area contributed by atoms with E-state index >= 15 is 0 Å². The van der Waals surface area contributed by atoms with Crippen LogP contribution in [0.5, 0.6) is 0 Å². The molecule has 0 unspecified atom stereocenters. The van der Waals surface area contributed by atoms with Crippen molar-refractivity contribution < 1.29 is 14.7 Å². The number of aryl methyl sites for hydroxylation is 1. The number of benzene rings is 1. The van der Waals surface area contributed by atoms with Crippen molar-refractivity contribution in [1.82, 2.24) is 5.32 Å². The maximum atomic E-state index is 12.3. The van der Waals surface area contributed by atoms with E-state index in [0.717, 1.165) is 31.2 Å². The lowest BCUT2D eigenvalue weighted by molar-refractivity contribution is -0.149. The van der Waals surface area contributed by atoms with Crippen molar-refractivity contribution in [1.29, 1.82) is 0 Å². The van der Waals surface area contributed by atoms with Gasteiger partial charge in [-0.3, -0.25) is 9.59 Å². The van der Waals surface area contributed by atoms with Crippen molar-refractivity contribution in [3.05, 3.63) is 35.4 Å². The summed E-state index contributed by atoms with van der Waals surface area (Å²) in [5.41, 5.74) is 0.723. The summed E-state index contributed by atoms with van der Waals surface area (Å²) >= 11 is 0. The second-order valence-electron chi connectivity index (χ2n) is 6.00. The fourth-order valence-electron chi connectivity index (χ4n) is 3.04. The fraction of sp³-hybridized carbons (Fsp3) is 0.529. The zero-order chi connectivity index (χ0) is 15.3. The third-order valence-electron chi connectivity index (χ3n) is 4.49. The van der Waals surface area contributed by atoms with Crippen LogP contribution in [0, 0.1) is 12.3 Å². The van der Waals surface area contributed by atoms with Gasteiger partial charge in [-0.15, -0.1) is 0 Å². The predicted octanol–water partition coefficient (Wildman–Crippen LogP) is 3.15. The quantitative estimate of drug-likeness (QED) is 0.837. The van der Waals surface area contributed by atoms with Crippen molar-refractivity contribution in [3.63, 3.8) is 0 Å². The third-order valence-corrected chi connectivity index (χ3v) is 4.49. The molecule has 1 aliphatic carbocycles. The normalized spacial score (nSPS) is 17.8. The molecule has 0 atom stereocenters. The molecule has 2 N–H and O–H groups in total. The van der Waals surface area contributed by atoms with E-state index in [4.69, 9.17) is 0 Å². The highest BCUT2D eigenvalue weighted by Gasteiger charge is 2.38. The van der Waals surface area contributed by atoms with Crippen molar-refractivity contribution in [2.75, 3.05) is 6.54 Å². The SMILES string of the molecule is Cc1ccccc1C(=O)NCC1(C(=O)O)CCCCCC1. The number of carboxylic acid groups (broad SMARTS) is 1. The van der Waals surface area contributed by atoms with Gasteiger partial charge >= 0.3 is 5.97 Å². The van der Waals surface area contributed by atoms with Crippen LogP contribution < -0.4 is 5.32 Å². The van der Waals surface area contributed by atoms with Crippen LogP contribution in [-0.2, 0) is 4.79 Å². The average Bonchev–Trinajstić information content (AvgIpc) is 2.72. The Labute approximate surface area is 125 Å². The molecule has 21 heavy (non-hydrogen) atoms. The van der Waals surface area contributed by atoms with Crippen molar-refractivity contribution in [2.45, 2.75) is 45.4 Å². The van der Waals surface area contributed by atoms with Crippen LogP contribution >= 0.6 is 0 Å². The molecular formula is C17H23NO3. The minimum atomic E-state index is -0.797. The van der Waals surface area contributed by atoms with Gasteiger partial charge in [0.05, 0.1) is 5.41 Å². The summed E-state index contributed by atoms with van der Waals surface area (Å²) in [6, 6.07) is 7.36. The van der Waals surface area contributed by atoms with Crippen LogP contribution in [0.1, 0.15) is 54.4 Å². The lowest BCUT2D eigenvalue weighted by Crippen LogP contribution is -2.43. The Kier molecular flexibility index (Phi) is 4.99. The first-order chi connectivity index (χ1) is 10.1. The molecule has 1 saturated carbocycles. The highest BCUT2D eigenvalue weighted by Crippen LogP contribution is 2.34. The smallest absolute Gasteiger partial charge is 0.311 e. The van der Waals surface area contributed by atoms with Crippen molar-refractivity contribution >= 4 is 11.9 Å². The Morgan fingerprint density at radius 2 is 1.76 bits per heavy atom. The topological polar surface area (TPSA) is 66.4 Å². The van der Waals surface area contributed by atoms with Crippen LogP contribution in [0.25, 0.3) is 0 Å². The first kappa shape index (κ1) is 15.5. The zero-order valence-electron chi connectivity index (χ0n) is 12.5. The van der Waals surface area contributed by atoms with E-state index in [9.17, 15) is 14.7 Å². The molecular weight excluding hydrogens is 266 g/mol. The van der Waals surface area contributed by atoms with Crippen LogP contribution in [0.2, 0.25) is 0 Å². The molecule has 0 spiro atoms. The van der Waals surface area contributed by atoms with Gasteiger partial charge in [-0.2, -0.15) is 0 Å². The zero-order valence-corrected chi connectivity index (χ0v) is 12.5. The number of nitrogens with one attached hydrogen (secondary N) is 1. The minimum Gasteiger partial charge on any atom is -0.481 e. The highest BCUT2D eigenvalue weighted by molar-refractivity contribution is 5.95. The first-order valence-electron chi connectivity index (χ1n) is 7.62. The van der Waals surface area contributed by atoms with Crippen molar-refractivity contribution in [3.8, 4) is 0 Å². The maximum absolute atomic E-state index is 12.3. The summed E-state index contributed by atoms with van der Waals surface area (Å²) in [5, 5.41) is 12.4. The van der Waals surface area contributed by atoms with Gasteiger partial charge in [-0.05, 0) is 31.4 Å². The summed E-state index contributed by atoms with van der Waals surface area (Å²) in [6.45, 7) is 2.10. The molecule has 1 aromatic carbocycles.